The predicted molar refractivity (Wildman–Crippen MR) is 90.8 cm³/mol. The van der Waals surface area contributed by atoms with Crippen LogP contribution in [0.15, 0.2) is 53.2 Å². The fraction of sp³-hybridized carbons (Fsp3) is 0.158. The number of rotatable bonds is 4. The number of benzene rings is 2. The lowest BCUT2D eigenvalue weighted by Crippen LogP contribution is -2.05. The molecule has 0 amide bonds. The third kappa shape index (κ3) is 3.06. The van der Waals surface area contributed by atoms with Crippen LogP contribution >= 0.6 is 0 Å². The summed E-state index contributed by atoms with van der Waals surface area (Å²) in [4.78, 5) is 16.4. The van der Waals surface area contributed by atoms with Crippen molar-refractivity contribution in [3.63, 3.8) is 0 Å². The van der Waals surface area contributed by atoms with Gasteiger partial charge in [-0.1, -0.05) is 6.07 Å². The monoisotopic (exact) mass is 337 g/mol. The van der Waals surface area contributed by atoms with Crippen LogP contribution in [-0.4, -0.2) is 25.3 Å². The zero-order valence-corrected chi connectivity index (χ0v) is 13.5. The van der Waals surface area contributed by atoms with Crippen molar-refractivity contribution < 1.29 is 23.7 Å². The maximum absolute atomic E-state index is 12.1. The van der Waals surface area contributed by atoms with Gasteiger partial charge in [-0.25, -0.2) is 9.79 Å². The summed E-state index contributed by atoms with van der Waals surface area (Å²) in [6, 6.07) is 12.7. The Kier molecular flexibility index (Phi) is 3.85. The number of ether oxygens (including phenoxy) is 4. The van der Waals surface area contributed by atoms with Crippen LogP contribution in [0, 0.1) is 0 Å². The van der Waals surface area contributed by atoms with E-state index in [1.54, 1.807) is 30.3 Å². The number of hydrogen-bond donors (Lipinski definition) is 0. The molecule has 6 heteroatoms. The van der Waals surface area contributed by atoms with Crippen molar-refractivity contribution in [2.45, 2.75) is 6.92 Å². The van der Waals surface area contributed by atoms with E-state index in [2.05, 4.69) is 4.99 Å². The summed E-state index contributed by atoms with van der Waals surface area (Å²) in [5.41, 5.74) is 1.74. The van der Waals surface area contributed by atoms with Crippen LogP contribution in [0.5, 0.6) is 17.2 Å². The smallest absolute Gasteiger partial charge is 0.363 e. The normalized spacial score (nSPS) is 16.8. The molecule has 0 saturated heterocycles. The molecule has 0 N–H and O–H groups in total. The van der Waals surface area contributed by atoms with Gasteiger partial charge in [0.25, 0.3) is 0 Å². The van der Waals surface area contributed by atoms with Gasteiger partial charge < -0.3 is 18.9 Å². The molecule has 126 valence electrons. The Morgan fingerprint density at radius 2 is 1.92 bits per heavy atom. The molecule has 0 atom stereocenters. The molecule has 0 aliphatic carbocycles. The fourth-order valence-electron chi connectivity index (χ4n) is 2.55. The molecule has 2 aliphatic heterocycles. The van der Waals surface area contributed by atoms with Crippen LogP contribution in [0.2, 0.25) is 0 Å². The SMILES string of the molecule is CCOc1ccc(C2=N/C(=C\c3ccc4c(c3)OCO4)C(=O)O2)cc1. The largest absolute Gasteiger partial charge is 0.494 e. The molecule has 2 heterocycles. The lowest BCUT2D eigenvalue weighted by Gasteiger charge is -2.03. The Morgan fingerprint density at radius 3 is 2.72 bits per heavy atom. The van der Waals surface area contributed by atoms with Gasteiger partial charge >= 0.3 is 5.97 Å². The summed E-state index contributed by atoms with van der Waals surface area (Å²) in [7, 11) is 0. The van der Waals surface area contributed by atoms with Gasteiger partial charge in [0.2, 0.25) is 12.7 Å². The van der Waals surface area contributed by atoms with Crippen LogP contribution in [0.1, 0.15) is 18.1 Å². The molecule has 2 aromatic carbocycles. The van der Waals surface area contributed by atoms with E-state index in [0.717, 1.165) is 11.3 Å². The second-order valence-electron chi connectivity index (χ2n) is 5.41. The number of fused-ring (bicyclic) bond motifs is 1. The van der Waals surface area contributed by atoms with Crippen LogP contribution in [-0.2, 0) is 9.53 Å². The number of aliphatic imine (C=N–C) groups is 1. The van der Waals surface area contributed by atoms with E-state index in [9.17, 15) is 4.79 Å². The minimum absolute atomic E-state index is 0.206. The molecule has 0 spiro atoms. The summed E-state index contributed by atoms with van der Waals surface area (Å²) < 4.78 is 21.3. The first-order valence-corrected chi connectivity index (χ1v) is 7.88. The zero-order valence-electron chi connectivity index (χ0n) is 13.5. The molecule has 0 aromatic heterocycles. The highest BCUT2D eigenvalue weighted by molar-refractivity contribution is 6.12. The lowest BCUT2D eigenvalue weighted by atomic mass is 10.1. The Labute approximate surface area is 144 Å². The third-order valence-corrected chi connectivity index (χ3v) is 3.73. The third-order valence-electron chi connectivity index (χ3n) is 3.73. The second kappa shape index (κ2) is 6.32. The molecular weight excluding hydrogens is 322 g/mol. The van der Waals surface area contributed by atoms with Gasteiger partial charge in [0.05, 0.1) is 6.61 Å². The van der Waals surface area contributed by atoms with Crippen molar-refractivity contribution in [2.75, 3.05) is 13.4 Å². The van der Waals surface area contributed by atoms with Gasteiger partial charge in [-0.05, 0) is 55.0 Å². The van der Waals surface area contributed by atoms with Crippen molar-refractivity contribution in [1.29, 1.82) is 0 Å². The maximum Gasteiger partial charge on any atom is 0.363 e. The van der Waals surface area contributed by atoms with Gasteiger partial charge in [0.1, 0.15) is 5.75 Å². The lowest BCUT2D eigenvalue weighted by molar-refractivity contribution is -0.129. The highest BCUT2D eigenvalue weighted by Crippen LogP contribution is 2.33. The number of hydrogen-bond acceptors (Lipinski definition) is 6. The summed E-state index contributed by atoms with van der Waals surface area (Å²) in [5, 5.41) is 0. The van der Waals surface area contributed by atoms with E-state index < -0.39 is 5.97 Å². The Bertz CT molecular complexity index is 883. The van der Waals surface area contributed by atoms with Crippen molar-refractivity contribution in [2.24, 2.45) is 4.99 Å². The molecule has 0 unspecified atom stereocenters. The van der Waals surface area contributed by atoms with Crippen molar-refractivity contribution in [3.05, 3.63) is 59.3 Å². The number of esters is 1. The highest BCUT2D eigenvalue weighted by Gasteiger charge is 2.24. The molecule has 0 saturated carbocycles. The van der Waals surface area contributed by atoms with E-state index in [1.165, 1.54) is 0 Å². The number of cyclic esters (lactones) is 1. The van der Waals surface area contributed by atoms with E-state index in [-0.39, 0.29) is 18.4 Å². The first kappa shape index (κ1) is 15.3. The van der Waals surface area contributed by atoms with Gasteiger partial charge in [-0.15, -0.1) is 0 Å². The second-order valence-corrected chi connectivity index (χ2v) is 5.41. The zero-order chi connectivity index (χ0) is 17.2. The topological polar surface area (TPSA) is 66.3 Å². The van der Waals surface area contributed by atoms with E-state index in [1.807, 2.05) is 25.1 Å². The van der Waals surface area contributed by atoms with Gasteiger partial charge in [-0.3, -0.25) is 0 Å². The van der Waals surface area contributed by atoms with E-state index >= 15 is 0 Å². The molecule has 2 aromatic rings. The molecule has 0 fully saturated rings. The Hall–Kier alpha value is -3.28. The number of carbonyl (C=O) groups excluding carboxylic acids is 1. The van der Waals surface area contributed by atoms with Crippen molar-refractivity contribution in [1.82, 2.24) is 0 Å². The molecule has 2 aliphatic rings. The summed E-state index contributed by atoms with van der Waals surface area (Å²) >= 11 is 0. The fourth-order valence-corrected chi connectivity index (χ4v) is 2.55. The molecule has 0 radical (unpaired) electrons. The number of carbonyl (C=O) groups is 1. The van der Waals surface area contributed by atoms with E-state index in [0.29, 0.717) is 23.7 Å². The highest BCUT2D eigenvalue weighted by atomic mass is 16.7. The molecule has 4 rings (SSSR count). The van der Waals surface area contributed by atoms with Crippen LogP contribution in [0.25, 0.3) is 6.08 Å². The van der Waals surface area contributed by atoms with E-state index in [4.69, 9.17) is 18.9 Å². The van der Waals surface area contributed by atoms with Crippen molar-refractivity contribution >= 4 is 17.9 Å². The average Bonchev–Trinajstić information content (AvgIpc) is 3.22. The minimum atomic E-state index is -0.485. The van der Waals surface area contributed by atoms with Crippen molar-refractivity contribution in [3.8, 4) is 17.2 Å². The minimum Gasteiger partial charge on any atom is -0.494 e. The Morgan fingerprint density at radius 1 is 1.12 bits per heavy atom. The molecule has 6 nitrogen and oxygen atoms in total. The van der Waals surface area contributed by atoms with Crippen LogP contribution in [0.4, 0.5) is 0 Å². The Balaban J connectivity index is 1.59. The first-order chi connectivity index (χ1) is 12.2. The molecular formula is C19H15NO5. The molecule has 0 bridgehead atoms. The van der Waals surface area contributed by atoms with Gasteiger partial charge in [0.15, 0.2) is 17.2 Å². The predicted octanol–water partition coefficient (Wildman–Crippen LogP) is 3.16. The average molecular weight is 337 g/mol. The quantitative estimate of drug-likeness (QED) is 0.633. The van der Waals surface area contributed by atoms with Gasteiger partial charge in [0, 0.05) is 5.56 Å². The maximum atomic E-state index is 12.1. The van der Waals surface area contributed by atoms with Crippen LogP contribution in [0.3, 0.4) is 0 Å². The van der Waals surface area contributed by atoms with Gasteiger partial charge in [-0.2, -0.15) is 0 Å². The summed E-state index contributed by atoms with van der Waals surface area (Å²) in [6.45, 7) is 2.72. The number of nitrogens with zero attached hydrogens (tertiary/aromatic N) is 1. The first-order valence-electron chi connectivity index (χ1n) is 7.88. The standard InChI is InChI=1S/C19H15NO5/c1-2-22-14-6-4-13(5-7-14)18-20-15(19(21)25-18)9-12-3-8-16-17(10-12)24-11-23-16/h3-10H,2,11H2,1H3/b15-9-. The summed E-state index contributed by atoms with van der Waals surface area (Å²) in [6.07, 6.45) is 1.66. The molecule has 25 heavy (non-hydrogen) atoms. The summed E-state index contributed by atoms with van der Waals surface area (Å²) in [5.74, 6) is 1.89. The van der Waals surface area contributed by atoms with Crippen LogP contribution < -0.4 is 14.2 Å².